The maximum absolute atomic E-state index is 14.3. The zero-order valence-electron chi connectivity index (χ0n) is 17.7. The maximum atomic E-state index is 14.3. The maximum Gasteiger partial charge on any atom is 0.335 e. The molecule has 1 aromatic heterocycles. The lowest BCUT2D eigenvalue weighted by molar-refractivity contribution is -0.122. The minimum Gasteiger partial charge on any atom is -0.342 e. The first-order valence-corrected chi connectivity index (χ1v) is 10.8. The van der Waals surface area contributed by atoms with Crippen LogP contribution in [0.1, 0.15) is 11.1 Å². The van der Waals surface area contributed by atoms with Crippen molar-refractivity contribution in [3.05, 3.63) is 107 Å². The van der Waals surface area contributed by atoms with Gasteiger partial charge in [-0.15, -0.1) is 0 Å². The van der Waals surface area contributed by atoms with E-state index in [-0.39, 0.29) is 23.6 Å². The predicted molar refractivity (Wildman–Crippen MR) is 128 cm³/mol. The third-order valence-electron chi connectivity index (χ3n) is 5.60. The van der Waals surface area contributed by atoms with E-state index in [1.54, 1.807) is 36.5 Å². The quantitative estimate of drug-likeness (QED) is 0.329. The highest BCUT2D eigenvalue weighted by Crippen LogP contribution is 2.28. The highest BCUT2D eigenvalue weighted by molar-refractivity contribution is 6.39. The number of anilines is 1. The summed E-state index contributed by atoms with van der Waals surface area (Å²) in [6.45, 7) is 0.270. The van der Waals surface area contributed by atoms with Crippen molar-refractivity contribution >= 4 is 52.1 Å². The number of imide groups is 2. The number of para-hydroxylation sites is 1. The third kappa shape index (κ3) is 3.86. The molecule has 0 spiro atoms. The molecule has 0 aliphatic carbocycles. The fraction of sp³-hybridized carbons (Fsp3) is 0.0385. The van der Waals surface area contributed by atoms with Gasteiger partial charge in [0.25, 0.3) is 11.8 Å². The summed E-state index contributed by atoms with van der Waals surface area (Å²) in [6, 6.07) is 19.2. The summed E-state index contributed by atoms with van der Waals surface area (Å²) >= 11 is 5.91. The SMILES string of the molecule is O=C1NC(=O)N(c2ccc(Cl)cc2)C(=O)/C1=C\c1cn(Cc2ccccc2F)c2ccccc12. The number of amides is 4. The van der Waals surface area contributed by atoms with E-state index in [2.05, 4.69) is 5.32 Å². The number of nitrogens with zero attached hydrogens (tertiary/aromatic N) is 2. The summed E-state index contributed by atoms with van der Waals surface area (Å²) in [5, 5.41) is 3.44. The number of urea groups is 1. The molecule has 2 heterocycles. The molecule has 5 rings (SSSR count). The molecule has 168 valence electrons. The van der Waals surface area contributed by atoms with Gasteiger partial charge in [0.15, 0.2) is 0 Å². The van der Waals surface area contributed by atoms with Crippen molar-refractivity contribution in [2.75, 3.05) is 4.90 Å². The zero-order valence-corrected chi connectivity index (χ0v) is 18.4. The second kappa shape index (κ2) is 8.61. The van der Waals surface area contributed by atoms with Gasteiger partial charge in [-0.25, -0.2) is 14.1 Å². The Morgan fingerprint density at radius 2 is 1.62 bits per heavy atom. The largest absolute Gasteiger partial charge is 0.342 e. The Hall–Kier alpha value is -4.23. The summed E-state index contributed by atoms with van der Waals surface area (Å²) in [5.41, 5.74) is 2.01. The summed E-state index contributed by atoms with van der Waals surface area (Å²) in [5.74, 6) is -1.85. The predicted octanol–water partition coefficient (Wildman–Crippen LogP) is 5.15. The number of barbiturate groups is 1. The average molecular weight is 474 g/mol. The van der Waals surface area contributed by atoms with Crippen LogP contribution in [-0.4, -0.2) is 22.4 Å². The molecule has 0 unspecified atom stereocenters. The Bertz CT molecular complexity index is 1490. The first-order chi connectivity index (χ1) is 16.4. The first-order valence-electron chi connectivity index (χ1n) is 10.4. The van der Waals surface area contributed by atoms with Gasteiger partial charge in [-0.05, 0) is 42.5 Å². The number of aromatic nitrogens is 1. The van der Waals surface area contributed by atoms with Crippen LogP contribution in [-0.2, 0) is 16.1 Å². The Morgan fingerprint density at radius 3 is 2.38 bits per heavy atom. The lowest BCUT2D eigenvalue weighted by Gasteiger charge is -2.26. The molecular formula is C26H17ClFN3O3. The van der Waals surface area contributed by atoms with Crippen LogP contribution in [0.25, 0.3) is 17.0 Å². The number of nitrogens with one attached hydrogen (secondary N) is 1. The van der Waals surface area contributed by atoms with Gasteiger partial charge in [0.2, 0.25) is 0 Å². The van der Waals surface area contributed by atoms with Crippen LogP contribution in [0.5, 0.6) is 0 Å². The molecule has 3 aromatic carbocycles. The van der Waals surface area contributed by atoms with E-state index in [0.29, 0.717) is 16.1 Å². The fourth-order valence-electron chi connectivity index (χ4n) is 3.97. The smallest absolute Gasteiger partial charge is 0.335 e. The van der Waals surface area contributed by atoms with Gasteiger partial charge in [0.05, 0.1) is 12.2 Å². The van der Waals surface area contributed by atoms with Crippen LogP contribution in [0.4, 0.5) is 14.9 Å². The van der Waals surface area contributed by atoms with Crippen molar-refractivity contribution in [1.29, 1.82) is 0 Å². The topological polar surface area (TPSA) is 71.4 Å². The molecule has 0 radical (unpaired) electrons. The number of carbonyl (C=O) groups is 3. The lowest BCUT2D eigenvalue weighted by atomic mass is 10.1. The van der Waals surface area contributed by atoms with E-state index in [1.165, 1.54) is 24.3 Å². The van der Waals surface area contributed by atoms with E-state index in [4.69, 9.17) is 11.6 Å². The van der Waals surface area contributed by atoms with Crippen molar-refractivity contribution in [2.24, 2.45) is 0 Å². The Balaban J connectivity index is 1.57. The van der Waals surface area contributed by atoms with Gasteiger partial charge >= 0.3 is 6.03 Å². The van der Waals surface area contributed by atoms with Crippen LogP contribution in [0.3, 0.4) is 0 Å². The van der Waals surface area contributed by atoms with Crippen molar-refractivity contribution < 1.29 is 18.8 Å². The molecule has 6 nitrogen and oxygen atoms in total. The number of fused-ring (bicyclic) bond motifs is 1. The second-order valence-electron chi connectivity index (χ2n) is 7.76. The number of carbonyl (C=O) groups excluding carboxylic acids is 3. The van der Waals surface area contributed by atoms with Crippen LogP contribution in [0, 0.1) is 5.82 Å². The molecule has 0 bridgehead atoms. The highest BCUT2D eigenvalue weighted by Gasteiger charge is 2.37. The molecule has 4 aromatic rings. The minimum absolute atomic E-state index is 0.191. The van der Waals surface area contributed by atoms with Gasteiger partial charge in [0.1, 0.15) is 11.4 Å². The molecule has 0 saturated carbocycles. The van der Waals surface area contributed by atoms with E-state index < -0.39 is 17.8 Å². The molecule has 0 atom stereocenters. The fourth-order valence-corrected chi connectivity index (χ4v) is 4.09. The molecular weight excluding hydrogens is 457 g/mol. The highest BCUT2D eigenvalue weighted by atomic mass is 35.5. The molecule has 4 amide bonds. The third-order valence-corrected chi connectivity index (χ3v) is 5.86. The zero-order chi connectivity index (χ0) is 23.8. The van der Waals surface area contributed by atoms with Crippen molar-refractivity contribution in [3.8, 4) is 0 Å². The van der Waals surface area contributed by atoms with Crippen LogP contribution in [0.15, 0.2) is 84.6 Å². The summed E-state index contributed by atoms with van der Waals surface area (Å²) in [4.78, 5) is 39.1. The Morgan fingerprint density at radius 1 is 0.912 bits per heavy atom. The van der Waals surface area contributed by atoms with Gasteiger partial charge < -0.3 is 4.57 Å². The number of benzene rings is 3. The standard InChI is InChI=1S/C26H17ClFN3O3/c27-18-9-11-19(12-10-18)31-25(33)21(24(32)29-26(31)34)13-17-15-30(23-8-4-2-6-20(17)23)14-16-5-1-3-7-22(16)28/h1-13,15H,14H2,(H,29,32,34)/b21-13-. The molecule has 1 N–H and O–H groups in total. The monoisotopic (exact) mass is 473 g/mol. The van der Waals surface area contributed by atoms with Gasteiger partial charge in [-0.1, -0.05) is 48.0 Å². The summed E-state index contributed by atoms with van der Waals surface area (Å²) in [6.07, 6.45) is 3.21. The van der Waals surface area contributed by atoms with Gasteiger partial charge in [-0.3, -0.25) is 14.9 Å². The Kier molecular flexibility index (Phi) is 5.47. The van der Waals surface area contributed by atoms with E-state index in [1.807, 2.05) is 28.8 Å². The summed E-state index contributed by atoms with van der Waals surface area (Å²) in [7, 11) is 0. The molecule has 1 aliphatic rings. The minimum atomic E-state index is -0.837. The number of hydrogen-bond donors (Lipinski definition) is 1. The molecule has 1 fully saturated rings. The van der Waals surface area contributed by atoms with Gasteiger partial charge in [0, 0.05) is 33.2 Å². The van der Waals surface area contributed by atoms with E-state index in [9.17, 15) is 18.8 Å². The number of rotatable bonds is 4. The average Bonchev–Trinajstić information content (AvgIpc) is 3.16. The first kappa shape index (κ1) is 21.6. The van der Waals surface area contributed by atoms with E-state index in [0.717, 1.165) is 15.8 Å². The molecule has 1 saturated heterocycles. The van der Waals surface area contributed by atoms with Crippen LogP contribution >= 0.6 is 11.6 Å². The summed E-state index contributed by atoms with van der Waals surface area (Å²) < 4.78 is 16.1. The van der Waals surface area contributed by atoms with Crippen LogP contribution in [0.2, 0.25) is 5.02 Å². The van der Waals surface area contributed by atoms with Crippen molar-refractivity contribution in [2.45, 2.75) is 6.54 Å². The van der Waals surface area contributed by atoms with Crippen molar-refractivity contribution in [1.82, 2.24) is 9.88 Å². The molecule has 1 aliphatic heterocycles. The normalized spacial score (nSPS) is 15.3. The number of halogens is 2. The van der Waals surface area contributed by atoms with Crippen molar-refractivity contribution in [3.63, 3.8) is 0 Å². The molecule has 34 heavy (non-hydrogen) atoms. The second-order valence-corrected chi connectivity index (χ2v) is 8.19. The van der Waals surface area contributed by atoms with Crippen LogP contribution < -0.4 is 10.2 Å². The lowest BCUT2D eigenvalue weighted by Crippen LogP contribution is -2.54. The van der Waals surface area contributed by atoms with E-state index >= 15 is 0 Å². The molecule has 8 heteroatoms. The number of hydrogen-bond acceptors (Lipinski definition) is 3. The Labute approximate surface area is 198 Å². The van der Waals surface area contributed by atoms with Gasteiger partial charge in [-0.2, -0.15) is 0 Å².